The third-order valence-corrected chi connectivity index (χ3v) is 4.70. The summed E-state index contributed by atoms with van der Waals surface area (Å²) in [6, 6.07) is 2.21. The highest BCUT2D eigenvalue weighted by Crippen LogP contribution is 2.21. The average molecular weight is 289 g/mol. The van der Waals surface area contributed by atoms with Gasteiger partial charge >= 0.3 is 0 Å². The molecule has 0 saturated carbocycles. The van der Waals surface area contributed by atoms with Crippen LogP contribution >= 0.6 is 0 Å². The first-order valence-corrected chi connectivity index (χ1v) is 7.54. The molecule has 1 aromatic carbocycles. The Morgan fingerprint density at radius 2 is 1.84 bits per heavy atom. The van der Waals surface area contributed by atoms with E-state index in [2.05, 4.69) is 4.72 Å². The van der Waals surface area contributed by atoms with Gasteiger partial charge in [0.15, 0.2) is 0 Å². The highest BCUT2D eigenvalue weighted by Gasteiger charge is 2.22. The summed E-state index contributed by atoms with van der Waals surface area (Å²) >= 11 is 0. The van der Waals surface area contributed by atoms with Gasteiger partial charge in [-0.05, 0) is 50.5 Å². The van der Waals surface area contributed by atoms with Crippen molar-refractivity contribution in [2.75, 3.05) is 13.7 Å². The zero-order chi connectivity index (χ0) is 14.6. The summed E-state index contributed by atoms with van der Waals surface area (Å²) in [6.07, 6.45) is 0.578. The van der Waals surface area contributed by atoms with E-state index in [4.69, 9.17) is 4.74 Å². The van der Waals surface area contributed by atoms with Crippen LogP contribution in [-0.2, 0) is 14.8 Å². The Labute approximate surface area is 114 Å². The average Bonchev–Trinajstić information content (AvgIpc) is 2.23. The Balaban J connectivity index is 3.01. The smallest absolute Gasteiger partial charge is 0.241 e. The Bertz CT molecular complexity index is 520. The number of ether oxygens (including phenoxy) is 1. The molecule has 0 amide bonds. The minimum Gasteiger partial charge on any atom is -0.385 e. The van der Waals surface area contributed by atoms with Crippen molar-refractivity contribution in [2.24, 2.45) is 0 Å². The van der Waals surface area contributed by atoms with Crippen molar-refractivity contribution in [2.45, 2.75) is 38.1 Å². The lowest BCUT2D eigenvalue weighted by atomic mass is 10.1. The molecular weight excluding hydrogens is 269 g/mol. The molecule has 0 aliphatic carbocycles. The lowest BCUT2D eigenvalue weighted by molar-refractivity contribution is 0.188. The lowest BCUT2D eigenvalue weighted by Crippen LogP contribution is -2.34. The first-order valence-electron chi connectivity index (χ1n) is 6.06. The first-order chi connectivity index (χ1) is 8.77. The summed E-state index contributed by atoms with van der Waals surface area (Å²) in [6.45, 7) is 5.42. The van der Waals surface area contributed by atoms with Gasteiger partial charge in [0.1, 0.15) is 5.82 Å². The number of hydrogen-bond donors (Lipinski definition) is 1. The molecule has 1 unspecified atom stereocenters. The second kappa shape index (κ2) is 6.45. The zero-order valence-corrected chi connectivity index (χ0v) is 12.5. The molecule has 108 valence electrons. The normalized spacial score (nSPS) is 13.5. The van der Waals surface area contributed by atoms with Crippen LogP contribution in [-0.4, -0.2) is 28.2 Å². The van der Waals surface area contributed by atoms with Crippen LogP contribution in [0.5, 0.6) is 0 Å². The Kier molecular flexibility index (Phi) is 5.46. The lowest BCUT2D eigenvalue weighted by Gasteiger charge is -2.16. The maximum Gasteiger partial charge on any atom is 0.241 e. The molecule has 19 heavy (non-hydrogen) atoms. The third-order valence-electron chi connectivity index (χ3n) is 2.81. The van der Waals surface area contributed by atoms with E-state index in [-0.39, 0.29) is 10.9 Å². The van der Waals surface area contributed by atoms with Crippen molar-refractivity contribution < 1.29 is 17.5 Å². The minimum atomic E-state index is -3.64. The van der Waals surface area contributed by atoms with Gasteiger partial charge in [-0.3, -0.25) is 0 Å². The van der Waals surface area contributed by atoms with Crippen LogP contribution in [0.2, 0.25) is 0 Å². The molecule has 0 aliphatic rings. The largest absolute Gasteiger partial charge is 0.385 e. The molecule has 6 heteroatoms. The van der Waals surface area contributed by atoms with Gasteiger partial charge in [0.25, 0.3) is 0 Å². The fourth-order valence-electron chi connectivity index (χ4n) is 2.00. The SMILES string of the molecule is COCCC(C)NS(=O)(=O)c1c(C)cc(F)cc1C. The predicted molar refractivity (Wildman–Crippen MR) is 72.2 cm³/mol. The quantitative estimate of drug-likeness (QED) is 0.873. The summed E-state index contributed by atoms with van der Waals surface area (Å²) in [5.74, 6) is -0.429. The van der Waals surface area contributed by atoms with Crippen LogP contribution in [0.25, 0.3) is 0 Å². The van der Waals surface area contributed by atoms with E-state index in [1.165, 1.54) is 12.1 Å². The standard InChI is InChI=1S/C13H20FNO3S/c1-9-7-12(14)8-10(2)13(9)19(16,17)15-11(3)5-6-18-4/h7-8,11,15H,5-6H2,1-4H3. The summed E-state index contributed by atoms with van der Waals surface area (Å²) in [5, 5.41) is 0. The third kappa shape index (κ3) is 4.26. The van der Waals surface area contributed by atoms with Gasteiger partial charge in [-0.1, -0.05) is 0 Å². The van der Waals surface area contributed by atoms with Gasteiger partial charge in [0.2, 0.25) is 10.0 Å². The molecule has 1 rings (SSSR count). The van der Waals surface area contributed by atoms with E-state index >= 15 is 0 Å². The van der Waals surface area contributed by atoms with Crippen molar-refractivity contribution in [3.05, 3.63) is 29.1 Å². The molecule has 4 nitrogen and oxygen atoms in total. The zero-order valence-electron chi connectivity index (χ0n) is 11.7. The van der Waals surface area contributed by atoms with Crippen LogP contribution in [0.4, 0.5) is 4.39 Å². The molecular formula is C13H20FNO3S. The van der Waals surface area contributed by atoms with Gasteiger partial charge < -0.3 is 4.74 Å². The van der Waals surface area contributed by atoms with Crippen LogP contribution in [0.15, 0.2) is 17.0 Å². The summed E-state index contributed by atoms with van der Waals surface area (Å²) in [5.41, 5.74) is 0.813. The second-order valence-corrected chi connectivity index (χ2v) is 6.32. The van der Waals surface area contributed by atoms with Crippen LogP contribution in [0.1, 0.15) is 24.5 Å². The molecule has 0 aliphatic heterocycles. The molecule has 1 aromatic rings. The molecule has 1 N–H and O–H groups in total. The number of nitrogens with one attached hydrogen (secondary N) is 1. The molecule has 1 atom stereocenters. The number of hydrogen-bond acceptors (Lipinski definition) is 3. The van der Waals surface area contributed by atoms with Crippen LogP contribution in [0.3, 0.4) is 0 Å². The van der Waals surface area contributed by atoms with Crippen LogP contribution < -0.4 is 4.72 Å². The topological polar surface area (TPSA) is 55.4 Å². The van der Waals surface area contributed by atoms with Crippen molar-refractivity contribution in [1.82, 2.24) is 4.72 Å². The fraction of sp³-hybridized carbons (Fsp3) is 0.538. The van der Waals surface area contributed by atoms with Gasteiger partial charge in [-0.25, -0.2) is 17.5 Å². The van der Waals surface area contributed by atoms with E-state index in [0.29, 0.717) is 24.2 Å². The van der Waals surface area contributed by atoms with Crippen molar-refractivity contribution in [3.63, 3.8) is 0 Å². The number of sulfonamides is 1. The Morgan fingerprint density at radius 1 is 1.32 bits per heavy atom. The summed E-state index contributed by atoms with van der Waals surface area (Å²) < 4.78 is 45.3. The number of halogens is 1. The van der Waals surface area contributed by atoms with Crippen molar-refractivity contribution >= 4 is 10.0 Å². The monoisotopic (exact) mass is 289 g/mol. The van der Waals surface area contributed by atoms with Gasteiger partial charge in [-0.15, -0.1) is 0 Å². The number of aryl methyl sites for hydroxylation is 2. The van der Waals surface area contributed by atoms with E-state index in [1.807, 2.05) is 0 Å². The van der Waals surface area contributed by atoms with E-state index in [1.54, 1.807) is 27.9 Å². The van der Waals surface area contributed by atoms with Crippen molar-refractivity contribution in [1.29, 1.82) is 0 Å². The summed E-state index contributed by atoms with van der Waals surface area (Å²) in [4.78, 5) is 0.151. The minimum absolute atomic E-state index is 0.151. The first kappa shape index (κ1) is 16.1. The maximum absolute atomic E-state index is 13.2. The Morgan fingerprint density at radius 3 is 2.32 bits per heavy atom. The Hall–Kier alpha value is -0.980. The molecule has 0 saturated heterocycles. The molecule has 0 aromatic heterocycles. The van der Waals surface area contributed by atoms with Gasteiger partial charge in [0, 0.05) is 19.8 Å². The highest BCUT2D eigenvalue weighted by atomic mass is 32.2. The van der Waals surface area contributed by atoms with Crippen molar-refractivity contribution in [3.8, 4) is 0 Å². The fourth-order valence-corrected chi connectivity index (χ4v) is 3.73. The van der Waals surface area contributed by atoms with E-state index in [0.717, 1.165) is 0 Å². The predicted octanol–water partition coefficient (Wildman–Crippen LogP) is 2.15. The van der Waals surface area contributed by atoms with Crippen LogP contribution in [0, 0.1) is 19.7 Å². The highest BCUT2D eigenvalue weighted by molar-refractivity contribution is 7.89. The number of rotatable bonds is 6. The van der Waals surface area contributed by atoms with E-state index < -0.39 is 15.8 Å². The molecule has 0 fully saturated rings. The number of methoxy groups -OCH3 is 1. The maximum atomic E-state index is 13.2. The van der Waals surface area contributed by atoms with Gasteiger partial charge in [0.05, 0.1) is 4.90 Å². The van der Waals surface area contributed by atoms with E-state index in [9.17, 15) is 12.8 Å². The molecule has 0 radical (unpaired) electrons. The number of benzene rings is 1. The van der Waals surface area contributed by atoms with Gasteiger partial charge in [-0.2, -0.15) is 0 Å². The second-order valence-electron chi connectivity index (χ2n) is 4.67. The summed E-state index contributed by atoms with van der Waals surface area (Å²) in [7, 11) is -2.08. The molecule has 0 spiro atoms. The molecule has 0 heterocycles. The molecule has 0 bridgehead atoms.